The van der Waals surface area contributed by atoms with E-state index in [1.807, 2.05) is 32.3 Å². The van der Waals surface area contributed by atoms with E-state index in [4.69, 9.17) is 9.47 Å². The molecule has 1 unspecified atom stereocenters. The van der Waals surface area contributed by atoms with Crippen LogP contribution in [0.25, 0.3) is 11.2 Å². The van der Waals surface area contributed by atoms with Crippen LogP contribution in [-0.2, 0) is 29.1 Å². The van der Waals surface area contributed by atoms with Gasteiger partial charge in [-0.15, -0.1) is 0 Å². The van der Waals surface area contributed by atoms with Crippen molar-refractivity contribution in [3.05, 3.63) is 27.2 Å². The van der Waals surface area contributed by atoms with Crippen LogP contribution >= 0.6 is 0 Å². The molecule has 1 aliphatic rings. The molecule has 1 atom stereocenters. The van der Waals surface area contributed by atoms with Gasteiger partial charge in [0.05, 0.1) is 19.0 Å². The number of aromatic nitrogens is 4. The third-order valence-corrected chi connectivity index (χ3v) is 4.99. The summed E-state index contributed by atoms with van der Waals surface area (Å²) in [5.41, 5.74) is 0.483. The fourth-order valence-electron chi connectivity index (χ4n) is 3.67. The standard InChI is InChI=1S/C19H30N4O4/c1-5-10-23-17(24)15-16(22(6-2)18(23)25)20-13-21(15)11-8-7-9-14-12-26-19(3,4)27-14/h13-14H,5-12H2,1-4H3. The third kappa shape index (κ3) is 4.01. The van der Waals surface area contributed by atoms with E-state index in [-0.39, 0.29) is 17.4 Å². The highest BCUT2D eigenvalue weighted by Gasteiger charge is 2.32. The highest BCUT2D eigenvalue weighted by Crippen LogP contribution is 2.25. The van der Waals surface area contributed by atoms with E-state index < -0.39 is 5.79 Å². The number of nitrogens with zero attached hydrogens (tertiary/aromatic N) is 4. The van der Waals surface area contributed by atoms with Gasteiger partial charge in [0.1, 0.15) is 0 Å². The summed E-state index contributed by atoms with van der Waals surface area (Å²) in [6.07, 6.45) is 5.34. The molecule has 0 saturated carbocycles. The number of imidazole rings is 1. The van der Waals surface area contributed by atoms with Crippen LogP contribution in [0, 0.1) is 0 Å². The Hall–Kier alpha value is -1.93. The molecule has 150 valence electrons. The first-order valence-corrected chi connectivity index (χ1v) is 9.88. The minimum absolute atomic E-state index is 0.131. The molecule has 0 spiro atoms. The summed E-state index contributed by atoms with van der Waals surface area (Å²) in [4.78, 5) is 29.8. The van der Waals surface area contributed by atoms with Crippen LogP contribution in [0.1, 0.15) is 53.4 Å². The normalized spacial score (nSPS) is 19.2. The number of hydrogen-bond acceptors (Lipinski definition) is 5. The fourth-order valence-corrected chi connectivity index (χ4v) is 3.67. The van der Waals surface area contributed by atoms with Crippen molar-refractivity contribution in [2.45, 2.75) is 84.9 Å². The number of hydrogen-bond donors (Lipinski definition) is 0. The predicted molar refractivity (Wildman–Crippen MR) is 103 cm³/mol. The summed E-state index contributed by atoms with van der Waals surface area (Å²) in [6, 6.07) is 0. The SMILES string of the molecule is CCCn1c(=O)c2c(ncn2CCCCC2COC(C)(C)O2)n(CC)c1=O. The maximum Gasteiger partial charge on any atom is 0.332 e. The monoisotopic (exact) mass is 378 g/mol. The molecule has 1 saturated heterocycles. The van der Waals surface area contributed by atoms with E-state index in [0.717, 1.165) is 25.7 Å². The summed E-state index contributed by atoms with van der Waals surface area (Å²) >= 11 is 0. The molecule has 0 radical (unpaired) electrons. The van der Waals surface area contributed by atoms with Gasteiger partial charge < -0.3 is 14.0 Å². The van der Waals surface area contributed by atoms with E-state index in [0.29, 0.717) is 37.4 Å². The molecule has 0 bridgehead atoms. The third-order valence-electron chi connectivity index (χ3n) is 4.99. The van der Waals surface area contributed by atoms with Crippen LogP contribution < -0.4 is 11.2 Å². The zero-order chi connectivity index (χ0) is 19.6. The van der Waals surface area contributed by atoms with E-state index in [1.165, 1.54) is 4.57 Å². The summed E-state index contributed by atoms with van der Waals surface area (Å²) in [5.74, 6) is -0.487. The molecule has 0 aliphatic carbocycles. The predicted octanol–water partition coefficient (Wildman–Crippen LogP) is 2.11. The van der Waals surface area contributed by atoms with Crippen LogP contribution in [0.5, 0.6) is 0 Å². The second-order valence-corrected chi connectivity index (χ2v) is 7.54. The van der Waals surface area contributed by atoms with Crippen molar-refractivity contribution in [2.75, 3.05) is 6.61 Å². The molecule has 3 heterocycles. The maximum absolute atomic E-state index is 12.9. The second-order valence-electron chi connectivity index (χ2n) is 7.54. The lowest BCUT2D eigenvalue weighted by atomic mass is 10.1. The minimum atomic E-state index is -0.487. The fraction of sp³-hybridized carbons (Fsp3) is 0.737. The highest BCUT2D eigenvalue weighted by atomic mass is 16.7. The van der Waals surface area contributed by atoms with Crippen LogP contribution in [-0.4, -0.2) is 37.2 Å². The van der Waals surface area contributed by atoms with Gasteiger partial charge >= 0.3 is 5.69 Å². The lowest BCUT2D eigenvalue weighted by Gasteiger charge is -2.17. The van der Waals surface area contributed by atoms with Gasteiger partial charge in [-0.3, -0.25) is 13.9 Å². The number of rotatable bonds is 8. The molecular weight excluding hydrogens is 348 g/mol. The van der Waals surface area contributed by atoms with Gasteiger partial charge in [0.2, 0.25) is 0 Å². The molecule has 27 heavy (non-hydrogen) atoms. The van der Waals surface area contributed by atoms with Gasteiger partial charge in [0.25, 0.3) is 5.56 Å². The van der Waals surface area contributed by atoms with E-state index >= 15 is 0 Å². The van der Waals surface area contributed by atoms with Crippen molar-refractivity contribution in [3.8, 4) is 0 Å². The van der Waals surface area contributed by atoms with Crippen LogP contribution in [0.15, 0.2) is 15.9 Å². The maximum atomic E-state index is 12.9. The topological polar surface area (TPSA) is 80.3 Å². The highest BCUT2D eigenvalue weighted by molar-refractivity contribution is 5.70. The average Bonchev–Trinajstić information content (AvgIpc) is 3.19. The molecule has 0 N–H and O–H groups in total. The molecule has 2 aromatic heterocycles. The molecule has 0 amide bonds. The Labute approximate surface area is 158 Å². The van der Waals surface area contributed by atoms with Gasteiger partial charge in [-0.25, -0.2) is 9.78 Å². The number of fused-ring (bicyclic) bond motifs is 1. The molecule has 8 nitrogen and oxygen atoms in total. The first kappa shape index (κ1) is 19.8. The Bertz CT molecular complexity index is 909. The molecule has 3 rings (SSSR count). The van der Waals surface area contributed by atoms with Gasteiger partial charge in [-0.2, -0.15) is 0 Å². The Morgan fingerprint density at radius 2 is 1.96 bits per heavy atom. The van der Waals surface area contributed by atoms with Crippen molar-refractivity contribution in [1.82, 2.24) is 18.7 Å². The Morgan fingerprint density at radius 3 is 2.59 bits per heavy atom. The van der Waals surface area contributed by atoms with Crippen molar-refractivity contribution < 1.29 is 9.47 Å². The Balaban J connectivity index is 1.75. The largest absolute Gasteiger partial charge is 0.348 e. The van der Waals surface area contributed by atoms with Crippen LogP contribution in [0.3, 0.4) is 0 Å². The van der Waals surface area contributed by atoms with Gasteiger partial charge in [0, 0.05) is 19.6 Å². The van der Waals surface area contributed by atoms with Crippen molar-refractivity contribution in [2.24, 2.45) is 0 Å². The Kier molecular flexibility index (Phi) is 5.86. The van der Waals surface area contributed by atoms with E-state index in [9.17, 15) is 9.59 Å². The zero-order valence-electron chi connectivity index (χ0n) is 16.7. The lowest BCUT2D eigenvalue weighted by Crippen LogP contribution is -2.40. The number of unbranched alkanes of at least 4 members (excludes halogenated alkanes) is 1. The first-order valence-electron chi connectivity index (χ1n) is 9.88. The van der Waals surface area contributed by atoms with Crippen LogP contribution in [0.2, 0.25) is 0 Å². The minimum Gasteiger partial charge on any atom is -0.348 e. The second kappa shape index (κ2) is 7.98. The zero-order valence-corrected chi connectivity index (χ0v) is 16.7. The van der Waals surface area contributed by atoms with Crippen molar-refractivity contribution in [3.63, 3.8) is 0 Å². The van der Waals surface area contributed by atoms with Gasteiger partial charge in [0.15, 0.2) is 17.0 Å². The molecule has 0 aromatic carbocycles. The number of ether oxygens (including phenoxy) is 2. The van der Waals surface area contributed by atoms with E-state index in [1.54, 1.807) is 10.9 Å². The molecule has 1 fully saturated rings. The average molecular weight is 378 g/mol. The van der Waals surface area contributed by atoms with Gasteiger partial charge in [-0.1, -0.05) is 6.92 Å². The molecular formula is C19H30N4O4. The van der Waals surface area contributed by atoms with Crippen molar-refractivity contribution in [1.29, 1.82) is 0 Å². The van der Waals surface area contributed by atoms with Gasteiger partial charge in [-0.05, 0) is 46.5 Å². The molecule has 1 aliphatic heterocycles. The summed E-state index contributed by atoms with van der Waals surface area (Å²) in [6.45, 7) is 9.95. The summed E-state index contributed by atoms with van der Waals surface area (Å²) < 4.78 is 16.2. The molecule has 8 heteroatoms. The first-order chi connectivity index (χ1) is 12.9. The summed E-state index contributed by atoms with van der Waals surface area (Å²) in [5, 5.41) is 0. The lowest BCUT2D eigenvalue weighted by molar-refractivity contribution is -0.139. The van der Waals surface area contributed by atoms with Crippen molar-refractivity contribution >= 4 is 11.2 Å². The summed E-state index contributed by atoms with van der Waals surface area (Å²) in [7, 11) is 0. The Morgan fingerprint density at radius 1 is 1.19 bits per heavy atom. The smallest absolute Gasteiger partial charge is 0.332 e. The van der Waals surface area contributed by atoms with E-state index in [2.05, 4.69) is 4.98 Å². The van der Waals surface area contributed by atoms with Crippen LogP contribution in [0.4, 0.5) is 0 Å². The molecule has 2 aromatic rings. The number of aryl methyl sites for hydroxylation is 2. The quantitative estimate of drug-likeness (QED) is 0.657.